The van der Waals surface area contributed by atoms with Crippen LogP contribution in [-0.2, 0) is 13.6 Å². The van der Waals surface area contributed by atoms with Crippen LogP contribution in [0.2, 0.25) is 0 Å². The maximum absolute atomic E-state index is 13.3. The van der Waals surface area contributed by atoms with Crippen LogP contribution in [0, 0.1) is 12.7 Å². The van der Waals surface area contributed by atoms with Gasteiger partial charge in [0.1, 0.15) is 18.2 Å². The zero-order valence-electron chi connectivity index (χ0n) is 14.6. The van der Waals surface area contributed by atoms with Crippen LogP contribution in [-0.4, -0.2) is 33.9 Å². The lowest BCUT2D eigenvalue weighted by molar-refractivity contribution is 0.200. The maximum atomic E-state index is 13.3. The zero-order chi connectivity index (χ0) is 18.3. The Morgan fingerprint density at radius 1 is 1.27 bits per heavy atom. The molecule has 26 heavy (non-hydrogen) atoms. The van der Waals surface area contributed by atoms with Gasteiger partial charge in [-0.05, 0) is 31.2 Å². The summed E-state index contributed by atoms with van der Waals surface area (Å²) in [6.07, 6.45) is 0. The quantitative estimate of drug-likeness (QED) is 0.728. The first-order valence-corrected chi connectivity index (χ1v) is 8.42. The Labute approximate surface area is 150 Å². The van der Waals surface area contributed by atoms with Crippen LogP contribution in [0.4, 0.5) is 14.9 Å². The number of amides is 2. The summed E-state index contributed by atoms with van der Waals surface area (Å²) in [7, 11) is 1.89. The number of fused-ring (bicyclic) bond motifs is 2. The molecule has 1 aliphatic heterocycles. The van der Waals surface area contributed by atoms with Crippen LogP contribution in [0.3, 0.4) is 0 Å². The molecule has 2 amide bonds. The Morgan fingerprint density at radius 2 is 2.12 bits per heavy atom. The lowest BCUT2D eigenvalue weighted by Crippen LogP contribution is -2.36. The second kappa shape index (κ2) is 6.33. The molecule has 2 aromatic carbocycles. The lowest BCUT2D eigenvalue weighted by atomic mass is 10.2. The molecule has 0 spiro atoms. The molecule has 0 saturated carbocycles. The molecule has 134 valence electrons. The van der Waals surface area contributed by atoms with Crippen molar-refractivity contribution in [3.8, 4) is 5.75 Å². The summed E-state index contributed by atoms with van der Waals surface area (Å²) in [6.45, 7) is 3.12. The minimum Gasteiger partial charge on any atom is -0.491 e. The van der Waals surface area contributed by atoms with Gasteiger partial charge in [-0.25, -0.2) is 9.18 Å². The van der Waals surface area contributed by atoms with Gasteiger partial charge in [-0.15, -0.1) is 0 Å². The molecule has 1 N–H and O–H groups in total. The number of nitrogens with zero attached hydrogens (tertiary/aromatic N) is 3. The van der Waals surface area contributed by atoms with Gasteiger partial charge < -0.3 is 15.0 Å². The first kappa shape index (κ1) is 16.4. The van der Waals surface area contributed by atoms with E-state index in [1.165, 1.54) is 12.1 Å². The van der Waals surface area contributed by atoms with E-state index in [9.17, 15) is 9.18 Å². The molecule has 6 nitrogen and oxygen atoms in total. The standard InChI is InChI=1S/C19H19FN4O2/c1-12-16-6-5-15(10-17(16)22-23(12)2)21-19(25)24-7-8-26-18-9-14(20)4-3-13(18)11-24/h3-6,9-10H,7-8,11H2,1-2H3,(H,21,25). The van der Waals surface area contributed by atoms with Crippen LogP contribution >= 0.6 is 0 Å². The summed E-state index contributed by atoms with van der Waals surface area (Å²) in [4.78, 5) is 14.3. The Morgan fingerprint density at radius 3 is 2.96 bits per heavy atom. The Bertz CT molecular complexity index is 999. The fourth-order valence-electron chi connectivity index (χ4n) is 3.13. The van der Waals surface area contributed by atoms with Crippen molar-refractivity contribution in [2.45, 2.75) is 13.5 Å². The molecule has 2 heterocycles. The molecule has 0 unspecified atom stereocenters. The molecule has 0 saturated heterocycles. The van der Waals surface area contributed by atoms with E-state index in [0.29, 0.717) is 31.1 Å². The third-order valence-electron chi connectivity index (χ3n) is 4.68. The van der Waals surface area contributed by atoms with E-state index in [0.717, 1.165) is 22.2 Å². The van der Waals surface area contributed by atoms with E-state index < -0.39 is 0 Å². The number of aromatic nitrogens is 2. The summed E-state index contributed by atoms with van der Waals surface area (Å²) < 4.78 is 20.7. The van der Waals surface area contributed by atoms with E-state index >= 15 is 0 Å². The monoisotopic (exact) mass is 354 g/mol. The van der Waals surface area contributed by atoms with Gasteiger partial charge in [-0.2, -0.15) is 5.10 Å². The first-order valence-electron chi connectivity index (χ1n) is 8.42. The third-order valence-corrected chi connectivity index (χ3v) is 4.68. The summed E-state index contributed by atoms with van der Waals surface area (Å²) >= 11 is 0. The van der Waals surface area contributed by atoms with E-state index in [4.69, 9.17) is 4.74 Å². The number of anilines is 1. The largest absolute Gasteiger partial charge is 0.491 e. The van der Waals surface area contributed by atoms with E-state index in [1.807, 2.05) is 36.9 Å². The molecule has 3 aromatic rings. The van der Waals surface area contributed by atoms with Gasteiger partial charge in [-0.3, -0.25) is 4.68 Å². The fraction of sp³-hybridized carbons (Fsp3) is 0.263. The van der Waals surface area contributed by atoms with Gasteiger partial charge in [-0.1, -0.05) is 6.07 Å². The minimum absolute atomic E-state index is 0.224. The van der Waals surface area contributed by atoms with E-state index in [-0.39, 0.29) is 11.8 Å². The highest BCUT2D eigenvalue weighted by Gasteiger charge is 2.20. The molecular weight excluding hydrogens is 335 g/mol. The number of rotatable bonds is 1. The smallest absolute Gasteiger partial charge is 0.322 e. The van der Waals surface area contributed by atoms with Gasteiger partial charge >= 0.3 is 6.03 Å². The van der Waals surface area contributed by atoms with Crippen LogP contribution in [0.5, 0.6) is 5.75 Å². The van der Waals surface area contributed by atoms with Crippen molar-refractivity contribution in [1.82, 2.24) is 14.7 Å². The highest BCUT2D eigenvalue weighted by atomic mass is 19.1. The Kier molecular flexibility index (Phi) is 3.99. The third kappa shape index (κ3) is 2.96. The number of halogens is 1. The molecular formula is C19H19FN4O2. The molecule has 1 aromatic heterocycles. The van der Waals surface area contributed by atoms with Crippen molar-refractivity contribution >= 4 is 22.6 Å². The van der Waals surface area contributed by atoms with Gasteiger partial charge in [0, 0.05) is 35.4 Å². The summed E-state index contributed by atoms with van der Waals surface area (Å²) in [6, 6.07) is 9.84. The zero-order valence-corrected chi connectivity index (χ0v) is 14.6. The summed E-state index contributed by atoms with van der Waals surface area (Å²) in [5.74, 6) is 0.145. The van der Waals surface area contributed by atoms with Gasteiger partial charge in [0.15, 0.2) is 0 Å². The second-order valence-electron chi connectivity index (χ2n) is 6.39. The van der Waals surface area contributed by atoms with Crippen molar-refractivity contribution in [3.05, 3.63) is 53.5 Å². The average molecular weight is 354 g/mol. The number of urea groups is 1. The lowest BCUT2D eigenvalue weighted by Gasteiger charge is -2.20. The number of carbonyl (C=O) groups is 1. The maximum Gasteiger partial charge on any atom is 0.322 e. The predicted octanol–water partition coefficient (Wildman–Crippen LogP) is 3.45. The Balaban J connectivity index is 1.53. The van der Waals surface area contributed by atoms with Crippen LogP contribution in [0.25, 0.3) is 10.9 Å². The molecule has 0 bridgehead atoms. The van der Waals surface area contributed by atoms with E-state index in [2.05, 4.69) is 10.4 Å². The van der Waals surface area contributed by atoms with Crippen molar-refractivity contribution in [1.29, 1.82) is 0 Å². The SMILES string of the molecule is Cc1c2ccc(NC(=O)N3CCOc4cc(F)ccc4C3)cc2nn1C. The number of hydrogen-bond donors (Lipinski definition) is 1. The Hall–Kier alpha value is -3.09. The van der Waals surface area contributed by atoms with Crippen molar-refractivity contribution in [3.63, 3.8) is 0 Å². The van der Waals surface area contributed by atoms with Crippen LogP contribution < -0.4 is 10.1 Å². The van der Waals surface area contributed by atoms with Crippen molar-refractivity contribution < 1.29 is 13.9 Å². The van der Waals surface area contributed by atoms with E-state index in [1.54, 1.807) is 11.0 Å². The topological polar surface area (TPSA) is 59.4 Å². The number of ether oxygens (including phenoxy) is 1. The first-order chi connectivity index (χ1) is 12.5. The number of nitrogens with one attached hydrogen (secondary N) is 1. The molecule has 4 rings (SSSR count). The van der Waals surface area contributed by atoms with Crippen LogP contribution in [0.1, 0.15) is 11.3 Å². The van der Waals surface area contributed by atoms with Gasteiger partial charge in [0.25, 0.3) is 0 Å². The number of carbonyl (C=O) groups excluding carboxylic acids is 1. The molecule has 0 atom stereocenters. The molecule has 0 fully saturated rings. The molecule has 7 heteroatoms. The van der Waals surface area contributed by atoms with Gasteiger partial charge in [0.05, 0.1) is 18.6 Å². The van der Waals surface area contributed by atoms with Gasteiger partial charge in [0.2, 0.25) is 0 Å². The molecule has 0 aliphatic carbocycles. The highest BCUT2D eigenvalue weighted by molar-refractivity contribution is 5.93. The number of hydrogen-bond acceptors (Lipinski definition) is 3. The molecule has 0 radical (unpaired) electrons. The summed E-state index contributed by atoms with van der Waals surface area (Å²) in [5.41, 5.74) is 3.38. The number of aryl methyl sites for hydroxylation is 2. The fourth-order valence-corrected chi connectivity index (χ4v) is 3.13. The van der Waals surface area contributed by atoms with Crippen molar-refractivity contribution in [2.75, 3.05) is 18.5 Å². The highest BCUT2D eigenvalue weighted by Crippen LogP contribution is 2.25. The molecule has 1 aliphatic rings. The minimum atomic E-state index is -0.347. The summed E-state index contributed by atoms with van der Waals surface area (Å²) in [5, 5.41) is 8.41. The number of benzene rings is 2. The predicted molar refractivity (Wildman–Crippen MR) is 96.8 cm³/mol. The second-order valence-corrected chi connectivity index (χ2v) is 6.39. The normalized spacial score (nSPS) is 13.9. The van der Waals surface area contributed by atoms with Crippen molar-refractivity contribution in [2.24, 2.45) is 7.05 Å². The average Bonchev–Trinajstić information content (AvgIpc) is 2.78. The van der Waals surface area contributed by atoms with Crippen LogP contribution in [0.15, 0.2) is 36.4 Å².